The van der Waals surface area contributed by atoms with E-state index in [0.29, 0.717) is 50.0 Å². The first-order chi connectivity index (χ1) is 12.8. The smallest absolute Gasteiger partial charge is 0.317 e. The molecule has 2 aliphatic rings. The van der Waals surface area contributed by atoms with E-state index in [1.165, 1.54) is 9.80 Å². The number of likely N-dealkylation sites (tertiary alicyclic amines) is 1. The molecule has 8 nitrogen and oxygen atoms in total. The van der Waals surface area contributed by atoms with E-state index in [1.807, 2.05) is 0 Å². The number of unbranched alkanes of at least 4 members (excludes halogenated alkanes) is 1. The molecule has 2 aliphatic heterocycles. The minimum Gasteiger partial charge on any atom is -0.481 e. The Balaban J connectivity index is 1.39. The van der Waals surface area contributed by atoms with Crippen LogP contribution in [0.3, 0.4) is 0 Å². The van der Waals surface area contributed by atoms with E-state index in [1.54, 1.807) is 31.2 Å². The molecule has 0 spiro atoms. The Kier molecular flexibility index (Phi) is 5.16. The Bertz CT molecular complexity index is 758. The number of imide groups is 1. The Labute approximate surface area is 157 Å². The zero-order chi connectivity index (χ0) is 19.6. The molecular weight excluding hydrogens is 350 g/mol. The summed E-state index contributed by atoms with van der Waals surface area (Å²) in [5, 5.41) is 12.0. The van der Waals surface area contributed by atoms with Crippen molar-refractivity contribution in [3.8, 4) is 0 Å². The summed E-state index contributed by atoms with van der Waals surface area (Å²) in [6, 6.07) is 6.49. The molecule has 0 aromatic heterocycles. The number of carbonyl (C=O) groups is 4. The number of aliphatic carboxylic acids is 1. The summed E-state index contributed by atoms with van der Waals surface area (Å²) in [5.74, 6) is -1.44. The normalized spacial score (nSPS) is 21.5. The van der Waals surface area contributed by atoms with E-state index < -0.39 is 11.4 Å². The highest BCUT2D eigenvalue weighted by Gasteiger charge is 2.42. The van der Waals surface area contributed by atoms with Crippen molar-refractivity contribution in [1.82, 2.24) is 15.1 Å². The first-order valence-electron chi connectivity index (χ1n) is 9.05. The summed E-state index contributed by atoms with van der Waals surface area (Å²) >= 11 is 0. The highest BCUT2D eigenvalue weighted by atomic mass is 16.4. The van der Waals surface area contributed by atoms with Gasteiger partial charge in [-0.3, -0.25) is 19.3 Å². The third-order valence-electron chi connectivity index (χ3n) is 5.24. The molecule has 0 saturated carbocycles. The summed E-state index contributed by atoms with van der Waals surface area (Å²) in [7, 11) is 0. The first kappa shape index (κ1) is 18.9. The molecular formula is C19H23N3O5. The van der Waals surface area contributed by atoms with E-state index in [0.717, 1.165) is 0 Å². The van der Waals surface area contributed by atoms with Crippen molar-refractivity contribution >= 4 is 23.8 Å². The number of carboxylic acid groups (broad SMARTS) is 1. The van der Waals surface area contributed by atoms with Gasteiger partial charge < -0.3 is 15.3 Å². The van der Waals surface area contributed by atoms with Crippen LogP contribution in [0.15, 0.2) is 24.3 Å². The molecule has 27 heavy (non-hydrogen) atoms. The van der Waals surface area contributed by atoms with Gasteiger partial charge in [0.1, 0.15) is 0 Å². The fraction of sp³-hybridized carbons (Fsp3) is 0.474. The predicted octanol–water partition coefficient (Wildman–Crippen LogP) is 1.57. The maximum absolute atomic E-state index is 12.2. The van der Waals surface area contributed by atoms with Gasteiger partial charge in [-0.05, 0) is 38.3 Å². The fourth-order valence-corrected chi connectivity index (χ4v) is 3.45. The molecule has 1 aromatic carbocycles. The van der Waals surface area contributed by atoms with Crippen molar-refractivity contribution in [3.05, 3.63) is 35.4 Å². The van der Waals surface area contributed by atoms with E-state index in [2.05, 4.69) is 5.32 Å². The fourth-order valence-electron chi connectivity index (χ4n) is 3.45. The second-order valence-corrected chi connectivity index (χ2v) is 7.28. The molecule has 4 amide bonds. The molecule has 0 radical (unpaired) electrons. The number of rotatable bonds is 6. The highest BCUT2D eigenvalue weighted by molar-refractivity contribution is 6.21. The van der Waals surface area contributed by atoms with E-state index >= 15 is 0 Å². The maximum atomic E-state index is 12.2. The SMILES string of the molecule is CC1(C(=O)O)CCN(C(=O)NCCCCN2C(=O)c3ccccc3C2=O)C1. The molecule has 1 saturated heterocycles. The molecule has 3 rings (SSSR count). The summed E-state index contributed by atoms with van der Waals surface area (Å²) < 4.78 is 0. The second-order valence-electron chi connectivity index (χ2n) is 7.28. The van der Waals surface area contributed by atoms with Crippen molar-refractivity contribution in [2.24, 2.45) is 5.41 Å². The van der Waals surface area contributed by atoms with Gasteiger partial charge in [0.15, 0.2) is 0 Å². The van der Waals surface area contributed by atoms with Gasteiger partial charge in [-0.15, -0.1) is 0 Å². The van der Waals surface area contributed by atoms with E-state index in [4.69, 9.17) is 0 Å². The highest BCUT2D eigenvalue weighted by Crippen LogP contribution is 2.30. The monoisotopic (exact) mass is 373 g/mol. The van der Waals surface area contributed by atoms with Gasteiger partial charge >= 0.3 is 12.0 Å². The molecule has 1 atom stereocenters. The Morgan fingerprint density at radius 2 is 1.78 bits per heavy atom. The van der Waals surface area contributed by atoms with Crippen molar-refractivity contribution < 1.29 is 24.3 Å². The minimum absolute atomic E-state index is 0.198. The molecule has 1 unspecified atom stereocenters. The van der Waals surface area contributed by atoms with Gasteiger partial charge in [0, 0.05) is 26.2 Å². The van der Waals surface area contributed by atoms with Crippen LogP contribution in [0.2, 0.25) is 0 Å². The molecule has 2 heterocycles. The largest absolute Gasteiger partial charge is 0.481 e. The Morgan fingerprint density at radius 1 is 1.15 bits per heavy atom. The third kappa shape index (κ3) is 3.65. The van der Waals surface area contributed by atoms with Gasteiger partial charge in [0.05, 0.1) is 16.5 Å². The number of hydrogen-bond acceptors (Lipinski definition) is 4. The minimum atomic E-state index is -0.890. The zero-order valence-corrected chi connectivity index (χ0v) is 15.2. The molecule has 1 aromatic rings. The Morgan fingerprint density at radius 3 is 2.33 bits per heavy atom. The standard InChI is InChI=1S/C19H23N3O5/c1-19(17(25)26)8-11-21(12-19)18(27)20-9-4-5-10-22-15(23)13-6-2-3-7-14(13)16(22)24/h2-3,6-7H,4-5,8-12H2,1H3,(H,20,27)(H,25,26). The topological polar surface area (TPSA) is 107 Å². The van der Waals surface area contributed by atoms with Crippen LogP contribution in [0.5, 0.6) is 0 Å². The molecule has 144 valence electrons. The number of urea groups is 1. The maximum Gasteiger partial charge on any atom is 0.317 e. The number of amides is 4. The summed E-state index contributed by atoms with van der Waals surface area (Å²) in [6.07, 6.45) is 1.64. The summed E-state index contributed by atoms with van der Waals surface area (Å²) in [5.41, 5.74) is -0.0133. The van der Waals surface area contributed by atoms with E-state index in [9.17, 15) is 24.3 Å². The molecule has 0 bridgehead atoms. The lowest BCUT2D eigenvalue weighted by Crippen LogP contribution is -2.41. The van der Waals surface area contributed by atoms with Crippen molar-refractivity contribution in [3.63, 3.8) is 0 Å². The molecule has 0 aliphatic carbocycles. The predicted molar refractivity (Wildman–Crippen MR) is 96.4 cm³/mol. The first-order valence-corrected chi connectivity index (χ1v) is 9.05. The van der Waals surface area contributed by atoms with Crippen LogP contribution < -0.4 is 5.32 Å². The summed E-state index contributed by atoms with van der Waals surface area (Å²) in [4.78, 5) is 50.6. The van der Waals surface area contributed by atoms with Gasteiger partial charge in [-0.25, -0.2) is 4.79 Å². The van der Waals surface area contributed by atoms with Crippen LogP contribution in [-0.4, -0.2) is 64.9 Å². The lowest BCUT2D eigenvalue weighted by molar-refractivity contribution is -0.147. The van der Waals surface area contributed by atoms with Crippen LogP contribution in [0.4, 0.5) is 4.79 Å². The number of benzene rings is 1. The van der Waals surface area contributed by atoms with E-state index in [-0.39, 0.29) is 24.4 Å². The average Bonchev–Trinajstić information content (AvgIpc) is 3.16. The van der Waals surface area contributed by atoms with Gasteiger partial charge in [-0.1, -0.05) is 12.1 Å². The lowest BCUT2D eigenvalue weighted by atomic mass is 9.90. The number of hydrogen-bond donors (Lipinski definition) is 2. The average molecular weight is 373 g/mol. The van der Waals surface area contributed by atoms with Crippen molar-refractivity contribution in [2.75, 3.05) is 26.2 Å². The molecule has 1 fully saturated rings. The number of carboxylic acids is 1. The van der Waals surface area contributed by atoms with Gasteiger partial charge in [0.25, 0.3) is 11.8 Å². The van der Waals surface area contributed by atoms with Crippen LogP contribution in [0, 0.1) is 5.41 Å². The lowest BCUT2D eigenvalue weighted by Gasteiger charge is -2.20. The molecule has 8 heteroatoms. The molecule has 2 N–H and O–H groups in total. The van der Waals surface area contributed by atoms with Crippen molar-refractivity contribution in [2.45, 2.75) is 26.2 Å². The number of nitrogens with zero attached hydrogens (tertiary/aromatic N) is 2. The second kappa shape index (κ2) is 7.38. The number of carbonyl (C=O) groups excluding carboxylic acids is 3. The third-order valence-corrected chi connectivity index (χ3v) is 5.24. The number of fused-ring (bicyclic) bond motifs is 1. The van der Waals surface area contributed by atoms with Crippen LogP contribution >= 0.6 is 0 Å². The number of nitrogens with one attached hydrogen (secondary N) is 1. The van der Waals surface area contributed by atoms with Crippen molar-refractivity contribution in [1.29, 1.82) is 0 Å². The quantitative estimate of drug-likeness (QED) is 0.581. The Hall–Kier alpha value is -2.90. The van der Waals surface area contributed by atoms with Crippen LogP contribution in [0.1, 0.15) is 46.9 Å². The zero-order valence-electron chi connectivity index (χ0n) is 15.2. The van der Waals surface area contributed by atoms with Gasteiger partial charge in [-0.2, -0.15) is 0 Å². The van der Waals surface area contributed by atoms with Crippen LogP contribution in [0.25, 0.3) is 0 Å². The summed E-state index contributed by atoms with van der Waals surface area (Å²) in [6.45, 7) is 2.98. The van der Waals surface area contributed by atoms with Gasteiger partial charge in [0.2, 0.25) is 0 Å². The van der Waals surface area contributed by atoms with Crippen LogP contribution in [-0.2, 0) is 4.79 Å².